The maximum absolute atomic E-state index is 6.50. The van der Waals surface area contributed by atoms with Crippen molar-refractivity contribution < 1.29 is 9.47 Å². The summed E-state index contributed by atoms with van der Waals surface area (Å²) in [5.74, 6) is 1.26. The number of hydrogen-bond donors (Lipinski definition) is 1. The molecule has 1 aromatic carbocycles. The van der Waals surface area contributed by atoms with E-state index in [1.165, 1.54) is 0 Å². The van der Waals surface area contributed by atoms with Gasteiger partial charge in [0, 0.05) is 23.0 Å². The summed E-state index contributed by atoms with van der Waals surface area (Å²) in [4.78, 5) is 13.2. The highest BCUT2D eigenvalue weighted by Gasteiger charge is 2.34. The molecule has 1 saturated heterocycles. The van der Waals surface area contributed by atoms with Crippen molar-refractivity contribution in [1.29, 1.82) is 0 Å². The second-order valence-corrected chi connectivity index (χ2v) is 9.14. The molecule has 7 nitrogen and oxygen atoms in total. The van der Waals surface area contributed by atoms with Crippen molar-refractivity contribution in [1.82, 2.24) is 19.5 Å². The highest BCUT2D eigenvalue weighted by Crippen LogP contribution is 2.35. The van der Waals surface area contributed by atoms with Crippen LogP contribution in [0, 0.1) is 6.92 Å². The maximum Gasteiger partial charge on any atom is 0.145 e. The van der Waals surface area contributed by atoms with Crippen LogP contribution >= 0.6 is 15.9 Å². The number of benzene rings is 1. The smallest absolute Gasteiger partial charge is 0.145 e. The number of nitrogens with zero attached hydrogens (tertiary/aromatic N) is 4. The molecular formula is C24H26BrN5O2. The van der Waals surface area contributed by atoms with Crippen LogP contribution in [0.1, 0.15) is 44.5 Å². The number of nitrogens with two attached hydrogens (primary N) is 1. The number of ether oxygens (including phenoxy) is 2. The van der Waals surface area contributed by atoms with Crippen molar-refractivity contribution >= 4 is 43.7 Å². The molecule has 5 rings (SSSR count). The largest absolute Gasteiger partial charge is 0.488 e. The monoisotopic (exact) mass is 495 g/mol. The van der Waals surface area contributed by atoms with Gasteiger partial charge in [-0.1, -0.05) is 13.3 Å². The predicted octanol–water partition coefficient (Wildman–Crippen LogP) is 5.56. The van der Waals surface area contributed by atoms with Gasteiger partial charge in [0.25, 0.3) is 0 Å². The van der Waals surface area contributed by atoms with Crippen molar-refractivity contribution in [3.05, 3.63) is 53.0 Å². The van der Waals surface area contributed by atoms with E-state index < -0.39 is 0 Å². The predicted molar refractivity (Wildman–Crippen MR) is 129 cm³/mol. The van der Waals surface area contributed by atoms with E-state index in [2.05, 4.69) is 48.4 Å². The Labute approximate surface area is 195 Å². The number of nitrogen functional groups attached to an aromatic ring is 1. The highest BCUT2D eigenvalue weighted by atomic mass is 79.9. The molecule has 3 aromatic heterocycles. The molecule has 4 heterocycles. The van der Waals surface area contributed by atoms with E-state index in [9.17, 15) is 0 Å². The third-order valence-corrected chi connectivity index (χ3v) is 6.73. The molecule has 0 saturated carbocycles. The lowest BCUT2D eigenvalue weighted by Crippen LogP contribution is -2.31. The van der Waals surface area contributed by atoms with E-state index >= 15 is 0 Å². The van der Waals surface area contributed by atoms with Crippen LogP contribution in [0.15, 0.2) is 47.3 Å². The lowest BCUT2D eigenvalue weighted by atomic mass is 10.1. The zero-order valence-corrected chi connectivity index (χ0v) is 19.7. The maximum atomic E-state index is 6.50. The zero-order chi connectivity index (χ0) is 22.2. The Morgan fingerprint density at radius 1 is 1.25 bits per heavy atom. The van der Waals surface area contributed by atoms with Crippen LogP contribution in [-0.2, 0) is 4.74 Å². The summed E-state index contributed by atoms with van der Waals surface area (Å²) < 4.78 is 15.9. The molecule has 0 spiro atoms. The third kappa shape index (κ3) is 3.93. The average molecular weight is 496 g/mol. The first-order valence-electron chi connectivity index (χ1n) is 11.0. The Kier molecular flexibility index (Phi) is 5.73. The lowest BCUT2D eigenvalue weighted by molar-refractivity contribution is -0.0512. The third-order valence-electron chi connectivity index (χ3n) is 6.09. The summed E-state index contributed by atoms with van der Waals surface area (Å²) in [6.45, 7) is 4.17. The van der Waals surface area contributed by atoms with Crippen LogP contribution in [0.2, 0.25) is 0 Å². The minimum atomic E-state index is -0.0508. The fourth-order valence-electron chi connectivity index (χ4n) is 4.44. The fourth-order valence-corrected chi connectivity index (χ4v) is 4.78. The summed E-state index contributed by atoms with van der Waals surface area (Å²) in [5, 5.41) is 2.08. The molecule has 2 N–H and O–H groups in total. The summed E-state index contributed by atoms with van der Waals surface area (Å²) >= 11 is 3.44. The van der Waals surface area contributed by atoms with Crippen LogP contribution in [0.25, 0.3) is 21.9 Å². The molecule has 8 heteroatoms. The van der Waals surface area contributed by atoms with Crippen molar-refractivity contribution in [3.63, 3.8) is 0 Å². The Balaban J connectivity index is 1.36. The number of anilines is 1. The van der Waals surface area contributed by atoms with E-state index in [0.29, 0.717) is 5.82 Å². The first-order chi connectivity index (χ1) is 15.5. The van der Waals surface area contributed by atoms with Gasteiger partial charge < -0.3 is 19.8 Å². The molecule has 3 unspecified atom stereocenters. The molecule has 32 heavy (non-hydrogen) atoms. The SMILES string of the molecule is CCCC(Oc1ccc2cc(Br)c(N)nc2c1)C1CCC(n2ccc3c(C)ncnc32)O1. The quantitative estimate of drug-likeness (QED) is 0.376. The molecule has 1 aliphatic heterocycles. The van der Waals surface area contributed by atoms with Gasteiger partial charge >= 0.3 is 0 Å². The van der Waals surface area contributed by atoms with Gasteiger partial charge in [-0.15, -0.1) is 0 Å². The number of rotatable bonds is 6. The molecule has 0 radical (unpaired) electrons. The average Bonchev–Trinajstić information content (AvgIpc) is 3.42. The number of aryl methyl sites for hydroxylation is 1. The number of halogens is 1. The van der Waals surface area contributed by atoms with Gasteiger partial charge in [0.2, 0.25) is 0 Å². The molecule has 4 aromatic rings. The molecule has 1 fully saturated rings. The zero-order valence-electron chi connectivity index (χ0n) is 18.2. The van der Waals surface area contributed by atoms with Gasteiger partial charge in [-0.05, 0) is 66.4 Å². The Morgan fingerprint density at radius 2 is 2.12 bits per heavy atom. The van der Waals surface area contributed by atoms with Crippen LogP contribution < -0.4 is 10.5 Å². The van der Waals surface area contributed by atoms with Gasteiger partial charge in [0.1, 0.15) is 35.9 Å². The molecule has 0 aliphatic carbocycles. The van der Waals surface area contributed by atoms with Gasteiger partial charge in [0.15, 0.2) is 0 Å². The number of hydrogen-bond acceptors (Lipinski definition) is 6. The minimum Gasteiger partial charge on any atom is -0.488 e. The van der Waals surface area contributed by atoms with Crippen molar-refractivity contribution in [3.8, 4) is 5.75 Å². The van der Waals surface area contributed by atoms with E-state index in [1.807, 2.05) is 37.4 Å². The van der Waals surface area contributed by atoms with Gasteiger partial charge in [-0.2, -0.15) is 0 Å². The Hall–Kier alpha value is -2.71. The lowest BCUT2D eigenvalue weighted by Gasteiger charge is -2.25. The second-order valence-electron chi connectivity index (χ2n) is 8.28. The summed E-state index contributed by atoms with van der Waals surface area (Å²) in [6.07, 6.45) is 7.38. The summed E-state index contributed by atoms with van der Waals surface area (Å²) in [6, 6.07) is 9.99. The van der Waals surface area contributed by atoms with Crippen molar-refractivity contribution in [2.75, 3.05) is 5.73 Å². The summed E-state index contributed by atoms with van der Waals surface area (Å²) in [7, 11) is 0. The van der Waals surface area contributed by atoms with E-state index in [1.54, 1.807) is 6.33 Å². The first kappa shape index (κ1) is 21.2. The summed E-state index contributed by atoms with van der Waals surface area (Å²) in [5.41, 5.74) is 8.68. The molecule has 0 bridgehead atoms. The second kappa shape index (κ2) is 8.67. The fraction of sp³-hybridized carbons (Fsp3) is 0.375. The molecule has 3 atom stereocenters. The number of fused-ring (bicyclic) bond motifs is 2. The van der Waals surface area contributed by atoms with E-state index in [0.717, 1.165) is 63.5 Å². The van der Waals surface area contributed by atoms with Crippen LogP contribution in [0.4, 0.5) is 5.82 Å². The van der Waals surface area contributed by atoms with Crippen molar-refractivity contribution in [2.45, 2.75) is 58.0 Å². The highest BCUT2D eigenvalue weighted by molar-refractivity contribution is 9.10. The van der Waals surface area contributed by atoms with E-state index in [-0.39, 0.29) is 18.4 Å². The number of aromatic nitrogens is 4. The molecule has 1 aliphatic rings. The normalized spacial score (nSPS) is 19.6. The van der Waals surface area contributed by atoms with Gasteiger partial charge in [-0.3, -0.25) is 0 Å². The van der Waals surface area contributed by atoms with Gasteiger partial charge in [-0.25, -0.2) is 15.0 Å². The Bertz CT molecular complexity index is 1270. The molecular weight excluding hydrogens is 470 g/mol. The topological polar surface area (TPSA) is 88.1 Å². The minimum absolute atomic E-state index is 0.0129. The van der Waals surface area contributed by atoms with Crippen LogP contribution in [0.5, 0.6) is 5.75 Å². The van der Waals surface area contributed by atoms with Crippen LogP contribution in [-0.4, -0.2) is 31.7 Å². The van der Waals surface area contributed by atoms with E-state index in [4.69, 9.17) is 15.2 Å². The van der Waals surface area contributed by atoms with Gasteiger partial charge in [0.05, 0.1) is 21.8 Å². The molecule has 166 valence electrons. The standard InChI is InChI=1S/C24H26BrN5O2/c1-3-4-20(31-16-6-5-15-11-18(25)23(26)29-19(15)12-16)21-7-8-22(32-21)30-10-9-17-14(2)27-13-28-24(17)30/h5-6,9-13,20-22H,3-4,7-8H2,1-2H3,(H2,26,29). The first-order valence-corrected chi connectivity index (χ1v) is 11.8. The molecule has 0 amide bonds. The van der Waals surface area contributed by atoms with Crippen LogP contribution in [0.3, 0.4) is 0 Å². The number of pyridine rings is 1. The Morgan fingerprint density at radius 3 is 2.97 bits per heavy atom. The van der Waals surface area contributed by atoms with Crippen molar-refractivity contribution in [2.24, 2.45) is 0 Å².